The Balaban J connectivity index is 1.73. The fourth-order valence-corrected chi connectivity index (χ4v) is 4.69. The zero-order chi connectivity index (χ0) is 18.3. The van der Waals surface area contributed by atoms with Gasteiger partial charge in [-0.1, -0.05) is 23.7 Å². The number of H-pyrrole nitrogens is 1. The Labute approximate surface area is 158 Å². The van der Waals surface area contributed by atoms with E-state index >= 15 is 0 Å². The van der Waals surface area contributed by atoms with Crippen LogP contribution in [-0.4, -0.2) is 21.0 Å². The molecule has 0 atom stereocenters. The molecule has 26 heavy (non-hydrogen) atoms. The number of nitrogens with zero attached hydrogens (tertiary/aromatic N) is 1. The van der Waals surface area contributed by atoms with Crippen molar-refractivity contribution >= 4 is 50.2 Å². The number of nitrogens with one attached hydrogen (secondary N) is 1. The van der Waals surface area contributed by atoms with Crippen LogP contribution in [0.4, 0.5) is 0 Å². The van der Waals surface area contributed by atoms with Gasteiger partial charge in [-0.05, 0) is 55.0 Å². The minimum absolute atomic E-state index is 0.155. The summed E-state index contributed by atoms with van der Waals surface area (Å²) in [6.07, 6.45) is 5.85. The van der Waals surface area contributed by atoms with Crippen molar-refractivity contribution in [2.75, 3.05) is 0 Å². The van der Waals surface area contributed by atoms with Gasteiger partial charge in [-0.3, -0.25) is 4.79 Å². The maximum atomic E-state index is 12.6. The van der Waals surface area contributed by atoms with Crippen molar-refractivity contribution in [3.63, 3.8) is 0 Å². The van der Waals surface area contributed by atoms with E-state index in [1.807, 2.05) is 0 Å². The molecular formula is C19H15ClN2O3S. The number of aryl methyl sites for hydroxylation is 2. The van der Waals surface area contributed by atoms with Gasteiger partial charge in [-0.15, -0.1) is 11.3 Å². The number of aromatic carboxylic acids is 1. The average molecular weight is 387 g/mol. The second-order valence-electron chi connectivity index (χ2n) is 6.23. The molecule has 132 valence electrons. The number of carboxylic acid groups (broad SMARTS) is 1. The smallest absolute Gasteiger partial charge is 0.335 e. The summed E-state index contributed by atoms with van der Waals surface area (Å²) in [6, 6.07) is 6.33. The largest absolute Gasteiger partial charge is 0.478 e. The molecule has 2 N–H and O–H groups in total. The molecule has 3 aromatic rings. The Kier molecular flexibility index (Phi) is 4.38. The van der Waals surface area contributed by atoms with Gasteiger partial charge in [-0.25, -0.2) is 9.78 Å². The van der Waals surface area contributed by atoms with Crippen molar-refractivity contribution in [1.82, 2.24) is 9.97 Å². The summed E-state index contributed by atoms with van der Waals surface area (Å²) in [5.41, 5.74) is 1.92. The summed E-state index contributed by atoms with van der Waals surface area (Å²) in [6.45, 7) is 0. The van der Waals surface area contributed by atoms with Crippen LogP contribution in [0, 0.1) is 0 Å². The van der Waals surface area contributed by atoms with E-state index in [4.69, 9.17) is 16.7 Å². The van der Waals surface area contributed by atoms with Gasteiger partial charge >= 0.3 is 5.97 Å². The van der Waals surface area contributed by atoms with Gasteiger partial charge in [0, 0.05) is 4.88 Å². The van der Waals surface area contributed by atoms with Crippen LogP contribution in [0.15, 0.2) is 29.1 Å². The SMILES string of the molecule is O=C(O)c1ccc(C=C(Cl)c2nc3sc4c(c3c(=O)[nH]2)CCCC4)cc1. The van der Waals surface area contributed by atoms with Crippen LogP contribution >= 0.6 is 22.9 Å². The molecule has 0 bridgehead atoms. The molecule has 2 heterocycles. The molecule has 1 aliphatic carbocycles. The molecule has 0 amide bonds. The third-order valence-corrected chi connectivity index (χ3v) is 5.98. The lowest BCUT2D eigenvalue weighted by Gasteiger charge is -2.09. The van der Waals surface area contributed by atoms with Crippen molar-refractivity contribution in [2.24, 2.45) is 0 Å². The van der Waals surface area contributed by atoms with Gasteiger partial charge in [-0.2, -0.15) is 0 Å². The first-order valence-corrected chi connectivity index (χ1v) is 9.48. The third-order valence-electron chi connectivity index (χ3n) is 4.50. The number of fused-ring (bicyclic) bond motifs is 3. The molecule has 1 aromatic carbocycles. The number of hydrogen-bond donors (Lipinski definition) is 2. The summed E-state index contributed by atoms with van der Waals surface area (Å²) in [5, 5.41) is 9.95. The molecular weight excluding hydrogens is 372 g/mol. The summed E-state index contributed by atoms with van der Waals surface area (Å²) in [7, 11) is 0. The van der Waals surface area contributed by atoms with Gasteiger partial charge < -0.3 is 10.1 Å². The predicted molar refractivity (Wildman–Crippen MR) is 104 cm³/mol. The van der Waals surface area contributed by atoms with E-state index in [0.717, 1.165) is 41.6 Å². The number of aromatic nitrogens is 2. The normalized spacial score (nSPS) is 14.4. The lowest BCUT2D eigenvalue weighted by Crippen LogP contribution is -2.12. The Morgan fingerprint density at radius 3 is 2.69 bits per heavy atom. The van der Waals surface area contributed by atoms with Gasteiger partial charge in [0.05, 0.1) is 16.0 Å². The molecule has 4 rings (SSSR count). The van der Waals surface area contributed by atoms with Crippen molar-refractivity contribution in [2.45, 2.75) is 25.7 Å². The van der Waals surface area contributed by atoms with Crippen LogP contribution in [-0.2, 0) is 12.8 Å². The zero-order valence-electron chi connectivity index (χ0n) is 13.7. The van der Waals surface area contributed by atoms with Crippen LogP contribution in [0.25, 0.3) is 21.3 Å². The number of rotatable bonds is 3. The summed E-state index contributed by atoms with van der Waals surface area (Å²) < 4.78 is 0. The van der Waals surface area contributed by atoms with Gasteiger partial charge in [0.15, 0.2) is 5.82 Å². The lowest BCUT2D eigenvalue weighted by atomic mass is 9.97. The number of hydrogen-bond acceptors (Lipinski definition) is 4. The highest BCUT2D eigenvalue weighted by molar-refractivity contribution is 7.18. The molecule has 1 aliphatic rings. The number of benzene rings is 1. The molecule has 7 heteroatoms. The number of thiophene rings is 1. The van der Waals surface area contributed by atoms with E-state index in [1.165, 1.54) is 17.0 Å². The van der Waals surface area contributed by atoms with E-state index in [1.54, 1.807) is 29.5 Å². The van der Waals surface area contributed by atoms with E-state index in [-0.39, 0.29) is 11.1 Å². The zero-order valence-corrected chi connectivity index (χ0v) is 15.3. The Bertz CT molecular complexity index is 1100. The highest BCUT2D eigenvalue weighted by Gasteiger charge is 2.20. The van der Waals surface area contributed by atoms with Gasteiger partial charge in [0.2, 0.25) is 0 Å². The van der Waals surface area contributed by atoms with Gasteiger partial charge in [0.25, 0.3) is 5.56 Å². The Morgan fingerprint density at radius 1 is 1.23 bits per heavy atom. The monoisotopic (exact) mass is 386 g/mol. The maximum absolute atomic E-state index is 12.6. The van der Waals surface area contributed by atoms with Crippen LogP contribution < -0.4 is 5.56 Å². The second kappa shape index (κ2) is 6.70. The highest BCUT2D eigenvalue weighted by atomic mass is 35.5. The van der Waals surface area contributed by atoms with Crippen molar-refractivity contribution in [3.8, 4) is 0 Å². The summed E-state index contributed by atoms with van der Waals surface area (Å²) >= 11 is 7.93. The second-order valence-corrected chi connectivity index (χ2v) is 7.72. The Morgan fingerprint density at radius 2 is 1.96 bits per heavy atom. The highest BCUT2D eigenvalue weighted by Crippen LogP contribution is 2.34. The van der Waals surface area contributed by atoms with E-state index in [9.17, 15) is 9.59 Å². The first-order valence-electron chi connectivity index (χ1n) is 8.28. The van der Waals surface area contributed by atoms with E-state index in [0.29, 0.717) is 16.2 Å². The fourth-order valence-electron chi connectivity index (χ4n) is 3.21. The Hall–Kier alpha value is -2.44. The molecule has 0 radical (unpaired) electrons. The average Bonchev–Trinajstić information content (AvgIpc) is 3.01. The molecule has 0 saturated carbocycles. The molecule has 0 unspecified atom stereocenters. The molecule has 0 spiro atoms. The summed E-state index contributed by atoms with van der Waals surface area (Å²) in [4.78, 5) is 32.8. The van der Waals surface area contributed by atoms with Crippen LogP contribution in [0.2, 0.25) is 0 Å². The standard InChI is InChI=1S/C19H15ClN2O3S/c20-13(9-10-5-7-11(8-6-10)19(24)25)16-21-17(23)15-12-3-1-2-4-14(12)26-18(15)22-16/h5-9H,1-4H2,(H,24,25)(H,21,22,23). The molecule has 2 aromatic heterocycles. The number of carbonyl (C=O) groups is 1. The number of carboxylic acids is 1. The van der Waals surface area contributed by atoms with Gasteiger partial charge in [0.1, 0.15) is 4.83 Å². The van der Waals surface area contributed by atoms with Crippen LogP contribution in [0.3, 0.4) is 0 Å². The topological polar surface area (TPSA) is 83.0 Å². The van der Waals surface area contributed by atoms with Crippen molar-refractivity contribution in [3.05, 3.63) is 62.0 Å². The number of aromatic amines is 1. The first-order chi connectivity index (χ1) is 12.5. The molecule has 0 saturated heterocycles. The van der Waals surface area contributed by atoms with E-state index < -0.39 is 5.97 Å². The quantitative estimate of drug-likeness (QED) is 0.703. The minimum atomic E-state index is -0.982. The van der Waals surface area contributed by atoms with Crippen LogP contribution in [0.1, 0.15) is 45.0 Å². The van der Waals surface area contributed by atoms with Crippen LogP contribution in [0.5, 0.6) is 0 Å². The van der Waals surface area contributed by atoms with Crippen molar-refractivity contribution < 1.29 is 9.90 Å². The first kappa shape index (κ1) is 17.0. The van der Waals surface area contributed by atoms with Crippen molar-refractivity contribution in [1.29, 1.82) is 0 Å². The third kappa shape index (κ3) is 3.06. The minimum Gasteiger partial charge on any atom is -0.478 e. The molecule has 0 fully saturated rings. The lowest BCUT2D eigenvalue weighted by molar-refractivity contribution is 0.0697. The molecule has 0 aliphatic heterocycles. The number of halogens is 1. The molecule has 5 nitrogen and oxygen atoms in total. The maximum Gasteiger partial charge on any atom is 0.335 e. The van der Waals surface area contributed by atoms with E-state index in [2.05, 4.69) is 9.97 Å². The fraction of sp³-hybridized carbons (Fsp3) is 0.211. The summed E-state index contributed by atoms with van der Waals surface area (Å²) in [5.74, 6) is -0.658. The predicted octanol–water partition coefficient (Wildman–Crippen LogP) is 4.30.